The molecule has 0 amide bonds. The first kappa shape index (κ1) is 33.4. The molecular weight excluding hydrogens is 721 g/mol. The number of anilines is 3. The molecule has 7 aromatic carbocycles. The maximum absolute atomic E-state index is 6.52. The largest absolute Gasteiger partial charge is 0.455 e. The van der Waals surface area contributed by atoms with Crippen molar-refractivity contribution in [3.05, 3.63) is 199 Å². The molecule has 0 unspecified atom stereocenters. The Kier molecular flexibility index (Phi) is 7.60. The number of benzene rings is 7. The van der Waals surface area contributed by atoms with Crippen molar-refractivity contribution < 1.29 is 4.42 Å². The van der Waals surface area contributed by atoms with Gasteiger partial charge in [0.1, 0.15) is 17.0 Å². The van der Waals surface area contributed by atoms with Gasteiger partial charge in [-0.25, -0.2) is 9.97 Å². The summed E-state index contributed by atoms with van der Waals surface area (Å²) in [6.45, 7) is 0. The van der Waals surface area contributed by atoms with Gasteiger partial charge in [0.05, 0.1) is 28.1 Å². The molecule has 1 aliphatic carbocycles. The van der Waals surface area contributed by atoms with Crippen molar-refractivity contribution in [2.45, 2.75) is 12.8 Å². The second-order valence-corrected chi connectivity index (χ2v) is 15.3. The lowest BCUT2D eigenvalue weighted by Crippen LogP contribution is -2.15. The second kappa shape index (κ2) is 13.4. The molecular formula is C54H36N4O. The van der Waals surface area contributed by atoms with Crippen molar-refractivity contribution in [2.75, 3.05) is 4.90 Å². The first-order valence-electron chi connectivity index (χ1n) is 20.2. The molecule has 0 saturated carbocycles. The Hall–Kier alpha value is -7.76. The molecule has 5 heteroatoms. The van der Waals surface area contributed by atoms with Gasteiger partial charge in [-0.2, -0.15) is 0 Å². The molecule has 0 N–H and O–H groups in total. The average molecular weight is 757 g/mol. The van der Waals surface area contributed by atoms with Crippen molar-refractivity contribution in [1.29, 1.82) is 0 Å². The minimum atomic E-state index is 0.715. The topological polar surface area (TPSA) is 47.1 Å². The highest BCUT2D eigenvalue weighted by Crippen LogP contribution is 2.46. The Bertz CT molecular complexity index is 3350. The van der Waals surface area contributed by atoms with Gasteiger partial charge in [0.15, 0.2) is 5.82 Å². The predicted octanol–water partition coefficient (Wildman–Crippen LogP) is 14.5. The molecule has 12 rings (SSSR count). The summed E-state index contributed by atoms with van der Waals surface area (Å²) >= 11 is 0. The number of rotatable bonds is 5. The molecule has 0 saturated heterocycles. The quantitative estimate of drug-likeness (QED) is 0.175. The number of aromatic nitrogens is 3. The Morgan fingerprint density at radius 3 is 1.98 bits per heavy atom. The highest BCUT2D eigenvalue weighted by Gasteiger charge is 2.25. The summed E-state index contributed by atoms with van der Waals surface area (Å²) in [5.74, 6) is 1.52. The molecule has 0 atom stereocenters. The van der Waals surface area contributed by atoms with Crippen LogP contribution in [0.3, 0.4) is 0 Å². The lowest BCUT2D eigenvalue weighted by Gasteiger charge is -2.28. The normalized spacial score (nSPS) is 13.6. The Labute approximate surface area is 341 Å². The summed E-state index contributed by atoms with van der Waals surface area (Å²) in [6.07, 6.45) is 13.1. The van der Waals surface area contributed by atoms with Crippen LogP contribution in [0.25, 0.3) is 89.5 Å². The van der Waals surface area contributed by atoms with E-state index < -0.39 is 0 Å². The van der Waals surface area contributed by atoms with E-state index in [1.54, 1.807) is 0 Å². The number of furan rings is 1. The van der Waals surface area contributed by atoms with Crippen LogP contribution < -0.4 is 4.90 Å². The van der Waals surface area contributed by atoms with Crippen LogP contribution in [0.2, 0.25) is 0 Å². The van der Waals surface area contributed by atoms with Crippen molar-refractivity contribution in [2.24, 2.45) is 0 Å². The van der Waals surface area contributed by atoms with E-state index >= 15 is 0 Å². The summed E-state index contributed by atoms with van der Waals surface area (Å²) in [4.78, 5) is 12.9. The average Bonchev–Trinajstić information content (AvgIpc) is 3.80. The number of allylic oxidation sites excluding steroid dienone is 4. The molecule has 59 heavy (non-hydrogen) atoms. The Morgan fingerprint density at radius 1 is 0.508 bits per heavy atom. The van der Waals surface area contributed by atoms with Crippen LogP contribution in [0, 0.1) is 0 Å². The molecule has 0 radical (unpaired) electrons. The van der Waals surface area contributed by atoms with Gasteiger partial charge in [0, 0.05) is 55.6 Å². The Morgan fingerprint density at radius 2 is 1.20 bits per heavy atom. The third kappa shape index (κ3) is 5.47. The van der Waals surface area contributed by atoms with Crippen molar-refractivity contribution in [3.63, 3.8) is 0 Å². The fourth-order valence-electron chi connectivity index (χ4n) is 9.02. The zero-order valence-corrected chi connectivity index (χ0v) is 32.1. The van der Waals surface area contributed by atoms with Crippen molar-refractivity contribution in [3.8, 4) is 28.1 Å². The fraction of sp³-hybridized carbons (Fsp3) is 0.0370. The molecule has 2 aliphatic rings. The molecule has 5 nitrogen and oxygen atoms in total. The SMILES string of the molecule is C1=CC(c2nc(-c3ccccc3)cc(N3c4ccc(-c5cccc6c5oc5ccccc56)cc4C=Cc4cc(-n5c6ccccc6c6ccccc65)ccc43)n2)=CCC1. The van der Waals surface area contributed by atoms with Gasteiger partial charge in [0.2, 0.25) is 0 Å². The monoisotopic (exact) mass is 756 g/mol. The molecule has 4 heterocycles. The molecule has 10 aromatic rings. The van der Waals surface area contributed by atoms with Crippen LogP contribution in [0.1, 0.15) is 29.8 Å². The van der Waals surface area contributed by atoms with E-state index in [9.17, 15) is 0 Å². The predicted molar refractivity (Wildman–Crippen MR) is 244 cm³/mol. The summed E-state index contributed by atoms with van der Waals surface area (Å²) < 4.78 is 8.91. The van der Waals surface area contributed by atoms with Crippen molar-refractivity contribution in [1.82, 2.24) is 14.5 Å². The number of hydrogen-bond acceptors (Lipinski definition) is 4. The third-order valence-electron chi connectivity index (χ3n) is 11.8. The molecule has 278 valence electrons. The van der Waals surface area contributed by atoms with Crippen LogP contribution in [0.15, 0.2) is 186 Å². The van der Waals surface area contributed by atoms with Crippen LogP contribution in [0.4, 0.5) is 17.2 Å². The van der Waals surface area contributed by atoms with Gasteiger partial charge in [0.25, 0.3) is 0 Å². The lowest BCUT2D eigenvalue weighted by molar-refractivity contribution is 0.670. The van der Waals surface area contributed by atoms with Gasteiger partial charge in [-0.05, 0) is 72.5 Å². The first-order chi connectivity index (χ1) is 29.2. The first-order valence-corrected chi connectivity index (χ1v) is 20.2. The van der Waals surface area contributed by atoms with Crippen LogP contribution in [-0.2, 0) is 0 Å². The van der Waals surface area contributed by atoms with Gasteiger partial charge < -0.3 is 8.98 Å². The molecule has 0 fully saturated rings. The van der Waals surface area contributed by atoms with E-state index in [1.807, 2.05) is 18.2 Å². The van der Waals surface area contributed by atoms with Crippen molar-refractivity contribution >= 4 is 78.7 Å². The van der Waals surface area contributed by atoms with Crippen LogP contribution in [0.5, 0.6) is 0 Å². The zero-order valence-electron chi connectivity index (χ0n) is 32.1. The number of hydrogen-bond donors (Lipinski definition) is 0. The van der Waals surface area contributed by atoms with E-state index in [2.05, 4.69) is 185 Å². The zero-order chi connectivity index (χ0) is 38.9. The highest BCUT2D eigenvalue weighted by molar-refractivity contribution is 6.11. The fourth-order valence-corrected chi connectivity index (χ4v) is 9.02. The molecule has 0 spiro atoms. The van der Waals surface area contributed by atoms with E-state index in [4.69, 9.17) is 14.4 Å². The second-order valence-electron chi connectivity index (χ2n) is 15.3. The van der Waals surface area contributed by atoms with Gasteiger partial charge >= 0.3 is 0 Å². The maximum atomic E-state index is 6.52. The van der Waals surface area contributed by atoms with Gasteiger partial charge in [-0.3, -0.25) is 4.90 Å². The minimum Gasteiger partial charge on any atom is -0.455 e. The molecule has 3 aromatic heterocycles. The van der Waals surface area contributed by atoms with Crippen LogP contribution >= 0.6 is 0 Å². The van der Waals surface area contributed by atoms with E-state index in [0.717, 1.165) is 96.7 Å². The van der Waals surface area contributed by atoms with E-state index in [1.165, 1.54) is 21.8 Å². The minimum absolute atomic E-state index is 0.715. The number of para-hydroxylation sites is 4. The summed E-state index contributed by atoms with van der Waals surface area (Å²) in [5, 5.41) is 4.71. The number of nitrogens with zero attached hydrogens (tertiary/aromatic N) is 4. The van der Waals surface area contributed by atoms with E-state index in [0.29, 0.717) is 5.82 Å². The van der Waals surface area contributed by atoms with Gasteiger partial charge in [-0.15, -0.1) is 0 Å². The smallest absolute Gasteiger partial charge is 0.161 e. The summed E-state index contributed by atoms with van der Waals surface area (Å²) in [7, 11) is 0. The summed E-state index contributed by atoms with van der Waals surface area (Å²) in [5.41, 5.74) is 14.6. The Balaban J connectivity index is 1.09. The third-order valence-corrected chi connectivity index (χ3v) is 11.8. The lowest BCUT2D eigenvalue weighted by atomic mass is 9.99. The molecule has 1 aliphatic heterocycles. The molecule has 0 bridgehead atoms. The van der Waals surface area contributed by atoms with E-state index in [-0.39, 0.29) is 0 Å². The van der Waals surface area contributed by atoms with Gasteiger partial charge in [-0.1, -0.05) is 140 Å². The number of fused-ring (bicyclic) bond motifs is 8. The maximum Gasteiger partial charge on any atom is 0.161 e. The van der Waals surface area contributed by atoms with Crippen LogP contribution in [-0.4, -0.2) is 14.5 Å². The standard InChI is InChI=1S/C54H36N4O/c1-3-14-35(15-4-1)46-34-52(56-54(55-46)36-16-5-2-6-17-36)58-47-30-28-37(41-21-13-22-45-44-20-9-12-25-51(44)59-53(41)45)32-38(47)26-27-39-33-40(29-31-48(39)58)57-49-23-10-7-18-42(49)43-19-8-11-24-50(43)57/h1,3-5,7-34H,2,6H2. The highest BCUT2D eigenvalue weighted by atomic mass is 16.3. The summed E-state index contributed by atoms with van der Waals surface area (Å²) in [6, 6.07) is 58.1.